The van der Waals surface area contributed by atoms with Crippen LogP contribution >= 0.6 is 0 Å². The molecule has 0 saturated carbocycles. The van der Waals surface area contributed by atoms with Gasteiger partial charge in [0, 0.05) is 30.4 Å². The third-order valence-corrected chi connectivity index (χ3v) is 3.52. The molecule has 5 nitrogen and oxygen atoms in total. The van der Waals surface area contributed by atoms with E-state index in [1.807, 2.05) is 19.9 Å². The van der Waals surface area contributed by atoms with Crippen LogP contribution in [-0.4, -0.2) is 35.2 Å². The van der Waals surface area contributed by atoms with Gasteiger partial charge in [0.25, 0.3) is 0 Å². The van der Waals surface area contributed by atoms with Gasteiger partial charge in [-0.3, -0.25) is 0 Å². The minimum Gasteiger partial charge on any atom is -0.478 e. The fourth-order valence-electron chi connectivity index (χ4n) is 2.63. The molecule has 1 aromatic rings. The molecule has 5 heteroatoms. The van der Waals surface area contributed by atoms with E-state index < -0.39 is 0 Å². The van der Waals surface area contributed by atoms with Crippen LogP contribution in [-0.2, 0) is 0 Å². The second-order valence-electron chi connectivity index (χ2n) is 5.20. The largest absolute Gasteiger partial charge is 0.478 e. The summed E-state index contributed by atoms with van der Waals surface area (Å²) in [5.41, 5.74) is 7.03. The van der Waals surface area contributed by atoms with E-state index >= 15 is 0 Å². The summed E-state index contributed by atoms with van der Waals surface area (Å²) < 4.78 is 5.50. The van der Waals surface area contributed by atoms with Crippen molar-refractivity contribution in [2.24, 2.45) is 5.73 Å². The van der Waals surface area contributed by atoms with Gasteiger partial charge in [-0.1, -0.05) is 0 Å². The number of anilines is 1. The summed E-state index contributed by atoms with van der Waals surface area (Å²) in [6.07, 6.45) is 3.51. The number of aromatic nitrogens is 2. The number of piperidine rings is 1. The predicted molar refractivity (Wildman–Crippen MR) is 76.6 cm³/mol. The van der Waals surface area contributed by atoms with Gasteiger partial charge in [-0.2, -0.15) is 4.98 Å². The van der Waals surface area contributed by atoms with E-state index in [-0.39, 0.29) is 6.04 Å². The molecular formula is C14H24N4O. The second kappa shape index (κ2) is 6.19. The van der Waals surface area contributed by atoms with Crippen molar-refractivity contribution < 1.29 is 4.74 Å². The van der Waals surface area contributed by atoms with Gasteiger partial charge in [0.1, 0.15) is 0 Å². The summed E-state index contributed by atoms with van der Waals surface area (Å²) >= 11 is 0. The van der Waals surface area contributed by atoms with Crippen molar-refractivity contribution in [2.45, 2.75) is 52.1 Å². The number of hydrogen-bond donors (Lipinski definition) is 1. The molecule has 1 aromatic heterocycles. The van der Waals surface area contributed by atoms with Gasteiger partial charge in [-0.05, 0) is 40.0 Å². The summed E-state index contributed by atoms with van der Waals surface area (Å²) in [7, 11) is 0. The number of rotatable bonds is 4. The van der Waals surface area contributed by atoms with E-state index in [1.54, 1.807) is 0 Å². The Morgan fingerprint density at radius 3 is 2.95 bits per heavy atom. The van der Waals surface area contributed by atoms with Crippen molar-refractivity contribution in [3.05, 3.63) is 11.8 Å². The van der Waals surface area contributed by atoms with E-state index in [0.29, 0.717) is 18.5 Å². The highest BCUT2D eigenvalue weighted by Gasteiger charge is 2.27. The molecular weight excluding hydrogens is 240 g/mol. The highest BCUT2D eigenvalue weighted by Crippen LogP contribution is 2.25. The van der Waals surface area contributed by atoms with Gasteiger partial charge < -0.3 is 15.4 Å². The molecule has 2 rings (SSSR count). The number of nitrogens with zero attached hydrogens (tertiary/aromatic N) is 3. The number of ether oxygens (including phenoxy) is 1. The fraction of sp³-hybridized carbons (Fsp3) is 0.714. The molecule has 0 radical (unpaired) electrons. The third kappa shape index (κ3) is 3.35. The quantitative estimate of drug-likeness (QED) is 0.899. The Labute approximate surface area is 115 Å². The van der Waals surface area contributed by atoms with Crippen LogP contribution in [0.1, 0.15) is 38.8 Å². The fourth-order valence-corrected chi connectivity index (χ4v) is 2.63. The topological polar surface area (TPSA) is 64.3 Å². The summed E-state index contributed by atoms with van der Waals surface area (Å²) in [4.78, 5) is 11.3. The molecule has 2 atom stereocenters. The molecule has 0 bridgehead atoms. The van der Waals surface area contributed by atoms with Crippen LogP contribution in [0.4, 0.5) is 5.95 Å². The lowest BCUT2D eigenvalue weighted by Gasteiger charge is -2.38. The van der Waals surface area contributed by atoms with Gasteiger partial charge in [0.15, 0.2) is 0 Å². The van der Waals surface area contributed by atoms with E-state index in [9.17, 15) is 0 Å². The minimum absolute atomic E-state index is 0.125. The Morgan fingerprint density at radius 2 is 2.26 bits per heavy atom. The Hall–Kier alpha value is -1.36. The monoisotopic (exact) mass is 264 g/mol. The molecule has 2 heterocycles. The van der Waals surface area contributed by atoms with Crippen LogP contribution in [0.25, 0.3) is 0 Å². The normalized spacial score (nSPS) is 21.3. The lowest BCUT2D eigenvalue weighted by Crippen LogP contribution is -2.50. The lowest BCUT2D eigenvalue weighted by molar-refractivity contribution is 0.324. The molecule has 0 amide bonds. The van der Waals surface area contributed by atoms with Crippen molar-refractivity contribution >= 4 is 5.95 Å². The summed E-state index contributed by atoms with van der Waals surface area (Å²) in [5.74, 6) is 1.41. The molecule has 0 spiro atoms. The Kier molecular flexibility index (Phi) is 4.58. The summed E-state index contributed by atoms with van der Waals surface area (Å²) in [5, 5.41) is 0. The maximum Gasteiger partial charge on any atom is 0.229 e. The predicted octanol–water partition coefficient (Wildman–Crippen LogP) is 1.89. The first-order chi connectivity index (χ1) is 9.11. The zero-order valence-corrected chi connectivity index (χ0v) is 12.1. The van der Waals surface area contributed by atoms with E-state index in [2.05, 4.69) is 21.8 Å². The van der Waals surface area contributed by atoms with E-state index in [0.717, 1.165) is 24.6 Å². The van der Waals surface area contributed by atoms with E-state index in [4.69, 9.17) is 10.5 Å². The molecule has 0 aliphatic carbocycles. The van der Waals surface area contributed by atoms with Crippen molar-refractivity contribution in [1.82, 2.24) is 9.97 Å². The second-order valence-corrected chi connectivity index (χ2v) is 5.20. The number of nitrogens with two attached hydrogens (primary N) is 1. The minimum atomic E-state index is 0.125. The zero-order valence-electron chi connectivity index (χ0n) is 12.1. The number of aryl methyl sites for hydroxylation is 1. The van der Waals surface area contributed by atoms with Gasteiger partial charge in [-0.15, -0.1) is 0 Å². The molecule has 106 valence electrons. The van der Waals surface area contributed by atoms with Crippen molar-refractivity contribution in [3.8, 4) is 5.88 Å². The maximum atomic E-state index is 6.10. The molecule has 1 fully saturated rings. The molecule has 0 aromatic carbocycles. The van der Waals surface area contributed by atoms with Gasteiger partial charge in [0.2, 0.25) is 11.8 Å². The Balaban J connectivity index is 2.27. The lowest BCUT2D eigenvalue weighted by atomic mass is 9.97. The molecule has 2 unspecified atom stereocenters. The van der Waals surface area contributed by atoms with Crippen molar-refractivity contribution in [2.75, 3.05) is 18.1 Å². The maximum absolute atomic E-state index is 6.10. The molecule has 1 aliphatic rings. The smallest absolute Gasteiger partial charge is 0.229 e. The van der Waals surface area contributed by atoms with Crippen LogP contribution < -0.4 is 15.4 Å². The standard InChI is InChI=1S/C14H24N4O/c1-4-19-13-9-10(2)16-14(17-13)18-8-6-5-7-12(18)11(3)15/h9,11-12H,4-8,15H2,1-3H3. The molecule has 1 saturated heterocycles. The third-order valence-electron chi connectivity index (χ3n) is 3.52. The van der Waals surface area contributed by atoms with Crippen LogP contribution in [0, 0.1) is 6.92 Å². The highest BCUT2D eigenvalue weighted by molar-refractivity contribution is 5.37. The Morgan fingerprint density at radius 1 is 1.47 bits per heavy atom. The first-order valence-electron chi connectivity index (χ1n) is 7.12. The number of hydrogen-bond acceptors (Lipinski definition) is 5. The summed E-state index contributed by atoms with van der Waals surface area (Å²) in [6, 6.07) is 2.32. The SMILES string of the molecule is CCOc1cc(C)nc(N2CCCCC2C(C)N)n1. The zero-order chi connectivity index (χ0) is 13.8. The van der Waals surface area contributed by atoms with Crippen molar-refractivity contribution in [3.63, 3.8) is 0 Å². The van der Waals surface area contributed by atoms with Gasteiger partial charge in [0.05, 0.1) is 6.61 Å². The first-order valence-corrected chi connectivity index (χ1v) is 7.12. The molecule has 1 aliphatic heterocycles. The van der Waals surface area contributed by atoms with E-state index in [1.165, 1.54) is 12.8 Å². The van der Waals surface area contributed by atoms with Gasteiger partial charge >= 0.3 is 0 Å². The van der Waals surface area contributed by atoms with Crippen LogP contribution in [0.2, 0.25) is 0 Å². The van der Waals surface area contributed by atoms with Crippen molar-refractivity contribution in [1.29, 1.82) is 0 Å². The van der Waals surface area contributed by atoms with Crippen LogP contribution in [0.5, 0.6) is 5.88 Å². The van der Waals surface area contributed by atoms with Crippen LogP contribution in [0.15, 0.2) is 6.07 Å². The average molecular weight is 264 g/mol. The average Bonchev–Trinajstić information content (AvgIpc) is 2.38. The molecule has 19 heavy (non-hydrogen) atoms. The summed E-state index contributed by atoms with van der Waals surface area (Å²) in [6.45, 7) is 7.58. The highest BCUT2D eigenvalue weighted by atomic mass is 16.5. The van der Waals surface area contributed by atoms with Crippen LogP contribution in [0.3, 0.4) is 0 Å². The molecule has 2 N–H and O–H groups in total. The Bertz CT molecular complexity index is 422. The first kappa shape index (κ1) is 14.1. The van der Waals surface area contributed by atoms with Gasteiger partial charge in [-0.25, -0.2) is 4.98 Å².